The molecule has 0 saturated heterocycles. The molecule has 3 aromatic rings. The fraction of sp³-hybridized carbons (Fsp3) is 0.406. The second-order valence-electron chi connectivity index (χ2n) is 10.9. The lowest BCUT2D eigenvalue weighted by Gasteiger charge is -2.22. The zero-order chi connectivity index (χ0) is 29.5. The standard InChI is InChI=1S/C32H39FN2O4S/c1-23(36)10-18-29(37)19-15-24-11-13-25(14-12-24)20-28-21-27(30(22-34-28)32(2,3)33)17-16-26-8-6-7-9-31(26)35(4)40(5,38)39/h6-9,11-14,21-22H,10,15-20H2,1-5H3. The van der Waals surface area contributed by atoms with Crippen LogP contribution in [-0.4, -0.2) is 38.3 Å². The highest BCUT2D eigenvalue weighted by atomic mass is 32.2. The molecule has 0 aliphatic carbocycles. The minimum atomic E-state index is -3.42. The number of rotatable bonds is 14. The van der Waals surface area contributed by atoms with Crippen LogP contribution >= 0.6 is 0 Å². The van der Waals surface area contributed by atoms with Crippen molar-refractivity contribution >= 4 is 27.3 Å². The third-order valence-electron chi connectivity index (χ3n) is 7.04. The third-order valence-corrected chi connectivity index (χ3v) is 8.23. The van der Waals surface area contributed by atoms with Crippen LogP contribution in [0.5, 0.6) is 0 Å². The van der Waals surface area contributed by atoms with E-state index in [4.69, 9.17) is 0 Å². The first kappa shape index (κ1) is 31.1. The Morgan fingerprint density at radius 3 is 2.15 bits per heavy atom. The minimum Gasteiger partial charge on any atom is -0.300 e. The first-order chi connectivity index (χ1) is 18.7. The smallest absolute Gasteiger partial charge is 0.232 e. The summed E-state index contributed by atoms with van der Waals surface area (Å²) in [5.41, 5.74) is 4.20. The van der Waals surface area contributed by atoms with Gasteiger partial charge in [-0.15, -0.1) is 0 Å². The second kappa shape index (κ2) is 13.3. The van der Waals surface area contributed by atoms with E-state index in [0.717, 1.165) is 27.9 Å². The van der Waals surface area contributed by atoms with E-state index >= 15 is 4.39 Å². The van der Waals surface area contributed by atoms with Gasteiger partial charge in [0.25, 0.3) is 0 Å². The molecule has 0 aliphatic rings. The van der Waals surface area contributed by atoms with Crippen molar-refractivity contribution in [3.63, 3.8) is 0 Å². The molecule has 0 saturated carbocycles. The van der Waals surface area contributed by atoms with Crippen LogP contribution in [0, 0.1) is 0 Å². The zero-order valence-corrected chi connectivity index (χ0v) is 24.9. The Hall–Kier alpha value is -3.39. The summed E-state index contributed by atoms with van der Waals surface area (Å²) in [5, 5.41) is 0. The summed E-state index contributed by atoms with van der Waals surface area (Å²) in [5.74, 6) is 0.124. The summed E-state index contributed by atoms with van der Waals surface area (Å²) in [7, 11) is -1.88. The Morgan fingerprint density at radius 2 is 1.52 bits per heavy atom. The topological polar surface area (TPSA) is 84.4 Å². The maximum Gasteiger partial charge on any atom is 0.232 e. The third kappa shape index (κ3) is 9.08. The van der Waals surface area contributed by atoms with E-state index in [1.807, 2.05) is 42.5 Å². The van der Waals surface area contributed by atoms with Crippen molar-refractivity contribution in [2.75, 3.05) is 17.6 Å². The Bertz CT molecular complexity index is 1440. The van der Waals surface area contributed by atoms with E-state index in [9.17, 15) is 18.0 Å². The number of ketones is 2. The summed E-state index contributed by atoms with van der Waals surface area (Å²) >= 11 is 0. The van der Waals surface area contributed by atoms with Gasteiger partial charge in [0.15, 0.2) is 0 Å². The maximum atomic E-state index is 15.1. The molecule has 40 heavy (non-hydrogen) atoms. The number of nitrogens with zero attached hydrogens (tertiary/aromatic N) is 2. The molecular weight excluding hydrogens is 527 g/mol. The Balaban J connectivity index is 1.74. The van der Waals surface area contributed by atoms with Gasteiger partial charge in [0.05, 0.1) is 11.9 Å². The Labute approximate surface area is 237 Å². The number of Topliss-reactive ketones (excluding diaryl/α,β-unsaturated/α-hetero) is 2. The predicted octanol–water partition coefficient (Wildman–Crippen LogP) is 5.93. The Kier molecular flexibility index (Phi) is 10.4. The highest BCUT2D eigenvalue weighted by Gasteiger charge is 2.24. The van der Waals surface area contributed by atoms with Gasteiger partial charge in [-0.25, -0.2) is 12.8 Å². The number of aromatic nitrogens is 1. The molecule has 0 radical (unpaired) electrons. The predicted molar refractivity (Wildman–Crippen MR) is 158 cm³/mol. The number of para-hydroxylation sites is 1. The molecule has 2 aromatic carbocycles. The lowest BCUT2D eigenvalue weighted by molar-refractivity contribution is -0.123. The number of anilines is 1. The molecule has 0 spiro atoms. The van der Waals surface area contributed by atoms with Crippen molar-refractivity contribution in [3.05, 3.63) is 94.3 Å². The lowest BCUT2D eigenvalue weighted by atomic mass is 9.91. The van der Waals surface area contributed by atoms with Gasteiger partial charge < -0.3 is 4.79 Å². The largest absolute Gasteiger partial charge is 0.300 e. The number of carbonyl (C=O) groups is 2. The number of aryl methyl sites for hydroxylation is 3. The van der Waals surface area contributed by atoms with Crippen LogP contribution in [0.2, 0.25) is 0 Å². The van der Waals surface area contributed by atoms with E-state index in [0.29, 0.717) is 56.2 Å². The second-order valence-corrected chi connectivity index (χ2v) is 12.9. The van der Waals surface area contributed by atoms with Crippen molar-refractivity contribution in [1.29, 1.82) is 0 Å². The zero-order valence-electron chi connectivity index (χ0n) is 24.0. The van der Waals surface area contributed by atoms with E-state index < -0.39 is 15.7 Å². The van der Waals surface area contributed by atoms with Crippen LogP contribution in [0.4, 0.5) is 10.1 Å². The highest BCUT2D eigenvalue weighted by Crippen LogP contribution is 2.30. The number of hydrogen-bond donors (Lipinski definition) is 0. The molecule has 3 rings (SSSR count). The summed E-state index contributed by atoms with van der Waals surface area (Å²) < 4.78 is 40.7. The van der Waals surface area contributed by atoms with E-state index in [1.165, 1.54) is 38.4 Å². The van der Waals surface area contributed by atoms with Gasteiger partial charge in [-0.2, -0.15) is 0 Å². The molecule has 0 fully saturated rings. The number of carbonyl (C=O) groups excluding carboxylic acids is 2. The van der Waals surface area contributed by atoms with Gasteiger partial charge in [-0.3, -0.25) is 14.1 Å². The highest BCUT2D eigenvalue weighted by molar-refractivity contribution is 7.92. The number of alkyl halides is 1. The van der Waals surface area contributed by atoms with Crippen molar-refractivity contribution in [1.82, 2.24) is 4.98 Å². The van der Waals surface area contributed by atoms with Crippen molar-refractivity contribution in [2.24, 2.45) is 0 Å². The SMILES string of the molecule is CC(=O)CCC(=O)CCc1ccc(Cc2cc(CCc3ccccc3N(C)S(C)(=O)=O)c(C(C)(C)F)cn2)cc1. The number of sulfonamides is 1. The van der Waals surface area contributed by atoms with Crippen LogP contribution in [0.15, 0.2) is 60.8 Å². The average molecular weight is 567 g/mol. The van der Waals surface area contributed by atoms with Gasteiger partial charge in [-0.1, -0.05) is 42.5 Å². The average Bonchev–Trinajstić information content (AvgIpc) is 2.89. The fourth-order valence-electron chi connectivity index (χ4n) is 4.62. The molecule has 6 nitrogen and oxygen atoms in total. The van der Waals surface area contributed by atoms with Gasteiger partial charge in [0, 0.05) is 50.2 Å². The Morgan fingerprint density at radius 1 is 0.900 bits per heavy atom. The summed E-state index contributed by atoms with van der Waals surface area (Å²) in [6.07, 6.45) is 6.09. The van der Waals surface area contributed by atoms with Crippen molar-refractivity contribution < 1.29 is 22.4 Å². The normalized spacial score (nSPS) is 11.8. The number of hydrogen-bond acceptors (Lipinski definition) is 5. The molecule has 0 N–H and O–H groups in total. The van der Waals surface area contributed by atoms with Crippen molar-refractivity contribution in [2.45, 2.75) is 71.4 Å². The number of benzene rings is 2. The van der Waals surface area contributed by atoms with Crippen LogP contribution in [0.3, 0.4) is 0 Å². The molecule has 214 valence electrons. The summed E-state index contributed by atoms with van der Waals surface area (Å²) in [6.45, 7) is 4.53. The molecule has 8 heteroatoms. The van der Waals surface area contributed by atoms with Gasteiger partial charge in [0.1, 0.15) is 17.2 Å². The van der Waals surface area contributed by atoms with Gasteiger partial charge in [0.2, 0.25) is 10.0 Å². The van der Waals surface area contributed by atoms with Gasteiger partial charge >= 0.3 is 0 Å². The molecule has 0 amide bonds. The molecule has 0 bridgehead atoms. The first-order valence-corrected chi connectivity index (χ1v) is 15.4. The maximum absolute atomic E-state index is 15.1. The van der Waals surface area contributed by atoms with Crippen LogP contribution in [-0.2, 0) is 51.0 Å². The van der Waals surface area contributed by atoms with E-state index in [2.05, 4.69) is 4.98 Å². The van der Waals surface area contributed by atoms with E-state index in [-0.39, 0.29) is 11.6 Å². The number of halogens is 1. The molecular formula is C32H39FN2O4S. The first-order valence-electron chi connectivity index (χ1n) is 13.5. The summed E-state index contributed by atoms with van der Waals surface area (Å²) in [4.78, 5) is 27.6. The minimum absolute atomic E-state index is 0.0296. The van der Waals surface area contributed by atoms with Crippen LogP contribution < -0.4 is 4.31 Å². The quantitative estimate of drug-likeness (QED) is 0.242. The lowest BCUT2D eigenvalue weighted by Crippen LogP contribution is -2.26. The molecule has 1 heterocycles. The summed E-state index contributed by atoms with van der Waals surface area (Å²) in [6, 6.07) is 17.3. The van der Waals surface area contributed by atoms with Crippen LogP contribution in [0.1, 0.15) is 73.5 Å². The van der Waals surface area contributed by atoms with Crippen LogP contribution in [0.25, 0.3) is 0 Å². The van der Waals surface area contributed by atoms with Crippen molar-refractivity contribution in [3.8, 4) is 0 Å². The van der Waals surface area contributed by atoms with E-state index in [1.54, 1.807) is 18.3 Å². The fourth-order valence-corrected chi connectivity index (χ4v) is 5.16. The van der Waals surface area contributed by atoms with Gasteiger partial charge in [-0.05, 0) is 74.4 Å². The molecule has 0 atom stereocenters. The molecule has 0 aliphatic heterocycles. The molecule has 1 aromatic heterocycles. The monoisotopic (exact) mass is 566 g/mol. The molecule has 0 unspecified atom stereocenters. The number of pyridine rings is 1.